The van der Waals surface area contributed by atoms with E-state index in [1.807, 2.05) is 22.6 Å². The molecule has 11 heteroatoms. The number of aromatic nitrogens is 4. The highest BCUT2D eigenvalue weighted by Crippen LogP contribution is 2.31. The minimum Gasteiger partial charge on any atom is -0.505 e. The first-order chi connectivity index (χ1) is 11.7. The van der Waals surface area contributed by atoms with Crippen LogP contribution in [0, 0.1) is 3.70 Å². The Morgan fingerprint density at radius 2 is 2.04 bits per heavy atom. The van der Waals surface area contributed by atoms with Gasteiger partial charge in [0.1, 0.15) is 38.5 Å². The second-order valence-electron chi connectivity index (χ2n) is 4.94. The third-order valence-corrected chi connectivity index (χ3v) is 5.43. The van der Waals surface area contributed by atoms with Crippen LogP contribution < -0.4 is 0 Å². The van der Waals surface area contributed by atoms with Crippen molar-refractivity contribution in [3.05, 3.63) is 34.1 Å². The molecule has 0 fully saturated rings. The molecule has 0 spiro atoms. The molecule has 3 aromatic heterocycles. The number of halogens is 4. The molecule has 3 heterocycles. The normalized spacial score (nSPS) is 13.3. The number of nitrogens with zero attached hydrogens (tertiary/aromatic N) is 4. The Morgan fingerprint density at radius 1 is 1.32 bits per heavy atom. The van der Waals surface area contributed by atoms with Gasteiger partial charge in [-0.15, -0.1) is 0 Å². The summed E-state index contributed by atoms with van der Waals surface area (Å²) in [5.74, 6) is 0.174. The summed E-state index contributed by atoms with van der Waals surface area (Å²) in [6, 6.07) is 2.17. The number of hydrogen-bond donors (Lipinski definition) is 1. The lowest BCUT2D eigenvalue weighted by molar-refractivity contribution is -0.141. The number of hydrogen-bond acceptors (Lipinski definition) is 5. The van der Waals surface area contributed by atoms with Gasteiger partial charge in [0.25, 0.3) is 0 Å². The number of imidazole rings is 1. The Hall–Kier alpha value is -1.76. The lowest BCUT2D eigenvalue weighted by atomic mass is 10.3. The maximum atomic E-state index is 12.8. The number of alkyl halides is 3. The molecule has 0 radical (unpaired) electrons. The quantitative estimate of drug-likeness (QED) is 0.458. The highest BCUT2D eigenvalue weighted by Gasteiger charge is 2.33. The molecule has 25 heavy (non-hydrogen) atoms. The van der Waals surface area contributed by atoms with Gasteiger partial charge in [-0.3, -0.25) is 8.61 Å². The molecular weight excluding hydrogens is 472 g/mol. The smallest absolute Gasteiger partial charge is 0.433 e. The van der Waals surface area contributed by atoms with Gasteiger partial charge >= 0.3 is 6.18 Å². The summed E-state index contributed by atoms with van der Waals surface area (Å²) in [4.78, 5) is 12.0. The van der Waals surface area contributed by atoms with Gasteiger partial charge < -0.3 is 5.11 Å². The van der Waals surface area contributed by atoms with Crippen LogP contribution in [0.2, 0.25) is 0 Å². The van der Waals surface area contributed by atoms with Crippen molar-refractivity contribution >= 4 is 39.0 Å². The highest BCUT2D eigenvalue weighted by atomic mass is 127. The predicted octanol–water partition coefficient (Wildman–Crippen LogP) is 3.25. The summed E-state index contributed by atoms with van der Waals surface area (Å²) in [7, 11) is -1.43. The molecule has 0 saturated heterocycles. The van der Waals surface area contributed by atoms with E-state index in [9.17, 15) is 22.5 Å². The molecule has 0 bridgehead atoms. The molecule has 0 aliphatic heterocycles. The first kappa shape index (κ1) is 18.0. The van der Waals surface area contributed by atoms with Crippen LogP contribution in [-0.4, -0.2) is 34.4 Å². The summed E-state index contributed by atoms with van der Waals surface area (Å²) in [5, 5.41) is 9.82. The largest absolute Gasteiger partial charge is 0.505 e. The average molecular weight is 482 g/mol. The molecular formula is C14H10F3IN4O2S. The summed E-state index contributed by atoms with van der Waals surface area (Å²) in [6.45, 7) is 1.71. The van der Waals surface area contributed by atoms with Gasteiger partial charge in [0, 0.05) is 24.1 Å². The van der Waals surface area contributed by atoms with Crippen LogP contribution in [0.3, 0.4) is 0 Å². The van der Waals surface area contributed by atoms with Crippen molar-refractivity contribution in [2.24, 2.45) is 0 Å². The monoisotopic (exact) mass is 482 g/mol. The minimum absolute atomic E-state index is 0.0374. The van der Waals surface area contributed by atoms with Crippen LogP contribution in [0.1, 0.15) is 12.6 Å². The van der Waals surface area contributed by atoms with Gasteiger partial charge in [0.05, 0.1) is 15.7 Å². The van der Waals surface area contributed by atoms with Crippen molar-refractivity contribution in [2.75, 3.05) is 5.75 Å². The fraction of sp³-hybridized carbons (Fsp3) is 0.214. The van der Waals surface area contributed by atoms with Crippen molar-refractivity contribution in [3.63, 3.8) is 0 Å². The van der Waals surface area contributed by atoms with E-state index in [1.54, 1.807) is 6.92 Å². The Kier molecular flexibility index (Phi) is 4.70. The van der Waals surface area contributed by atoms with Gasteiger partial charge in [-0.1, -0.05) is 6.92 Å². The van der Waals surface area contributed by atoms with Crippen molar-refractivity contribution in [3.8, 4) is 17.1 Å². The second kappa shape index (κ2) is 6.52. The number of fused-ring (bicyclic) bond motifs is 1. The predicted molar refractivity (Wildman–Crippen MR) is 92.6 cm³/mol. The van der Waals surface area contributed by atoms with Gasteiger partial charge in [0.2, 0.25) is 0 Å². The zero-order chi connectivity index (χ0) is 18.4. The fourth-order valence-corrected chi connectivity index (χ4v) is 3.45. The van der Waals surface area contributed by atoms with E-state index in [1.165, 1.54) is 16.7 Å². The van der Waals surface area contributed by atoms with Crippen LogP contribution in [-0.2, 0) is 17.0 Å². The fourth-order valence-electron chi connectivity index (χ4n) is 2.14. The topological polar surface area (TPSA) is 80.4 Å². The van der Waals surface area contributed by atoms with E-state index in [0.29, 0.717) is 5.75 Å². The summed E-state index contributed by atoms with van der Waals surface area (Å²) in [6.07, 6.45) is -2.11. The molecule has 0 aliphatic carbocycles. The van der Waals surface area contributed by atoms with E-state index in [4.69, 9.17) is 0 Å². The van der Waals surface area contributed by atoms with Gasteiger partial charge in [-0.05, 0) is 22.6 Å². The Labute approximate surface area is 155 Å². The summed E-state index contributed by atoms with van der Waals surface area (Å²) < 4.78 is 52.2. The Bertz CT molecular complexity index is 990. The molecule has 3 rings (SSSR count). The molecule has 0 aliphatic rings. The average Bonchev–Trinajstić information content (AvgIpc) is 2.98. The minimum atomic E-state index is -4.57. The maximum absolute atomic E-state index is 12.8. The molecule has 0 aromatic carbocycles. The lowest BCUT2D eigenvalue weighted by Crippen LogP contribution is -2.08. The van der Waals surface area contributed by atoms with Crippen LogP contribution >= 0.6 is 22.6 Å². The zero-order valence-electron chi connectivity index (χ0n) is 12.6. The summed E-state index contributed by atoms with van der Waals surface area (Å²) in [5.41, 5.74) is -0.520. The Balaban J connectivity index is 2.19. The van der Waals surface area contributed by atoms with E-state index in [-0.39, 0.29) is 31.4 Å². The highest BCUT2D eigenvalue weighted by molar-refractivity contribution is 14.1. The number of pyridine rings is 1. The first-order valence-corrected chi connectivity index (χ1v) is 9.30. The maximum Gasteiger partial charge on any atom is 0.433 e. The third-order valence-electron chi connectivity index (χ3n) is 3.31. The Morgan fingerprint density at radius 3 is 2.68 bits per heavy atom. The van der Waals surface area contributed by atoms with Crippen LogP contribution in [0.4, 0.5) is 13.2 Å². The van der Waals surface area contributed by atoms with Gasteiger partial charge in [0.15, 0.2) is 0 Å². The molecule has 6 nitrogen and oxygen atoms in total. The van der Waals surface area contributed by atoms with Crippen LogP contribution in [0.15, 0.2) is 29.6 Å². The van der Waals surface area contributed by atoms with E-state index in [2.05, 4.69) is 15.0 Å². The van der Waals surface area contributed by atoms with E-state index < -0.39 is 22.7 Å². The van der Waals surface area contributed by atoms with Crippen molar-refractivity contribution in [1.82, 2.24) is 19.4 Å². The molecule has 132 valence electrons. The second-order valence-corrected chi connectivity index (χ2v) is 7.67. The van der Waals surface area contributed by atoms with Crippen molar-refractivity contribution < 1.29 is 22.5 Å². The summed E-state index contributed by atoms with van der Waals surface area (Å²) >= 11 is 1.81. The molecule has 0 saturated carbocycles. The van der Waals surface area contributed by atoms with Crippen molar-refractivity contribution in [2.45, 2.75) is 18.0 Å². The first-order valence-electron chi connectivity index (χ1n) is 6.91. The molecule has 3 aromatic rings. The number of aromatic hydroxyl groups is 1. The molecule has 1 unspecified atom stereocenters. The van der Waals surface area contributed by atoms with Crippen molar-refractivity contribution in [1.29, 1.82) is 0 Å². The zero-order valence-corrected chi connectivity index (χ0v) is 15.6. The van der Waals surface area contributed by atoms with Gasteiger partial charge in [-0.2, -0.15) is 13.2 Å². The lowest BCUT2D eigenvalue weighted by Gasteiger charge is -2.07. The SMILES string of the molecule is CCS(=O)c1cc(O)c(I)nc1-c1cn2cnc(C(F)(F)F)cc2n1. The van der Waals surface area contributed by atoms with E-state index >= 15 is 0 Å². The van der Waals surface area contributed by atoms with Crippen LogP contribution in [0.25, 0.3) is 17.0 Å². The standard InChI is InChI=1S/C14H10F3IN4O2S/c1-2-25(24)9-3-8(23)13(18)21-12(9)7-5-22-6-19-10(14(15,16)17)4-11(22)20-7/h3-6,23H,2H2,1H3. The molecule has 1 atom stereocenters. The number of rotatable bonds is 3. The van der Waals surface area contributed by atoms with Gasteiger partial charge in [-0.25, -0.2) is 15.0 Å². The molecule has 0 amide bonds. The van der Waals surface area contributed by atoms with E-state index in [0.717, 1.165) is 12.4 Å². The molecule has 1 N–H and O–H groups in total. The van der Waals surface area contributed by atoms with Crippen LogP contribution in [0.5, 0.6) is 5.75 Å². The third kappa shape index (κ3) is 3.47.